The van der Waals surface area contributed by atoms with E-state index in [9.17, 15) is 4.79 Å². The number of nitrogens with one attached hydrogen (secondary N) is 1. The normalized spacial score (nSPS) is 15.1. The molecule has 2 rings (SSSR count). The van der Waals surface area contributed by atoms with Crippen LogP contribution in [0.1, 0.15) is 48.0 Å². The van der Waals surface area contributed by atoms with Crippen LogP contribution >= 0.6 is 12.2 Å². The van der Waals surface area contributed by atoms with E-state index >= 15 is 0 Å². The van der Waals surface area contributed by atoms with E-state index in [1.54, 1.807) is 0 Å². The Morgan fingerprint density at radius 2 is 1.95 bits per heavy atom. The van der Waals surface area contributed by atoms with Crippen molar-refractivity contribution < 1.29 is 4.79 Å². The number of amides is 1. The summed E-state index contributed by atoms with van der Waals surface area (Å²) in [5.74, 6) is -0.144. The second-order valence-electron chi connectivity index (χ2n) is 5.86. The van der Waals surface area contributed by atoms with Gasteiger partial charge in [0.2, 0.25) is 0 Å². The number of rotatable bonds is 4. The van der Waals surface area contributed by atoms with Crippen LogP contribution < -0.4 is 5.32 Å². The number of carbonyl (C=O) groups is 1. The molecule has 1 aromatic rings. The van der Waals surface area contributed by atoms with Crippen LogP contribution in [0.25, 0.3) is 0 Å². The molecule has 1 amide bonds. The average Bonchev–Trinajstić information content (AvgIpc) is 2.53. The Labute approximate surface area is 138 Å². The third-order valence-corrected chi connectivity index (χ3v) is 4.47. The summed E-state index contributed by atoms with van der Waals surface area (Å²) in [6.45, 7) is 6.49. The Morgan fingerprint density at radius 1 is 1.32 bits per heavy atom. The molecule has 1 saturated carbocycles. The maximum absolute atomic E-state index is 12.3. The van der Waals surface area contributed by atoms with Crippen LogP contribution in [0.2, 0.25) is 0 Å². The van der Waals surface area contributed by atoms with Crippen molar-refractivity contribution >= 4 is 23.2 Å². The standard InChI is InChI=1S/C18H24N2OS/c1-3-13-20(16-7-5-4-6-8-16)18(22)19-17(21)15-11-9-14(2)10-12-15/h3,9-12,16H,1,4-8,13H2,2H3,(H,19,21,22). The van der Waals surface area contributed by atoms with Gasteiger partial charge in [0.1, 0.15) is 0 Å². The lowest BCUT2D eigenvalue weighted by Gasteiger charge is -2.35. The quantitative estimate of drug-likeness (QED) is 0.677. The Kier molecular flexibility index (Phi) is 6.13. The van der Waals surface area contributed by atoms with Crippen LogP contribution in [-0.2, 0) is 0 Å². The topological polar surface area (TPSA) is 32.3 Å². The minimum absolute atomic E-state index is 0.144. The van der Waals surface area contributed by atoms with Crippen molar-refractivity contribution in [2.75, 3.05) is 6.54 Å². The van der Waals surface area contributed by atoms with Gasteiger partial charge in [-0.1, -0.05) is 43.0 Å². The summed E-state index contributed by atoms with van der Waals surface area (Å²) in [6, 6.07) is 7.93. The predicted molar refractivity (Wildman–Crippen MR) is 95.0 cm³/mol. The Hall–Kier alpha value is -1.68. The van der Waals surface area contributed by atoms with Crippen molar-refractivity contribution in [1.82, 2.24) is 10.2 Å². The first-order valence-electron chi connectivity index (χ1n) is 7.91. The van der Waals surface area contributed by atoms with Gasteiger partial charge in [-0.3, -0.25) is 10.1 Å². The number of carbonyl (C=O) groups excluding carboxylic acids is 1. The van der Waals surface area contributed by atoms with Crippen molar-refractivity contribution in [1.29, 1.82) is 0 Å². The molecular formula is C18H24N2OS. The molecule has 3 nitrogen and oxygen atoms in total. The molecule has 0 spiro atoms. The molecule has 0 aliphatic heterocycles. The smallest absolute Gasteiger partial charge is 0.257 e. The fourth-order valence-electron chi connectivity index (χ4n) is 2.88. The lowest BCUT2D eigenvalue weighted by molar-refractivity contribution is 0.0971. The molecule has 1 aliphatic rings. The van der Waals surface area contributed by atoms with E-state index in [1.165, 1.54) is 19.3 Å². The molecule has 0 atom stereocenters. The van der Waals surface area contributed by atoms with Gasteiger partial charge in [-0.25, -0.2) is 0 Å². The molecule has 0 heterocycles. The van der Waals surface area contributed by atoms with E-state index in [0.717, 1.165) is 18.4 Å². The van der Waals surface area contributed by atoms with Crippen molar-refractivity contribution in [3.8, 4) is 0 Å². The van der Waals surface area contributed by atoms with Gasteiger partial charge in [-0.05, 0) is 44.1 Å². The zero-order valence-electron chi connectivity index (χ0n) is 13.2. The van der Waals surface area contributed by atoms with Crippen molar-refractivity contribution in [3.63, 3.8) is 0 Å². The zero-order chi connectivity index (χ0) is 15.9. The number of benzene rings is 1. The maximum atomic E-state index is 12.3. The van der Waals surface area contributed by atoms with E-state index in [0.29, 0.717) is 23.3 Å². The lowest BCUT2D eigenvalue weighted by Crippen LogP contribution is -2.48. The predicted octanol–water partition coefficient (Wildman–Crippen LogP) is 3.83. The van der Waals surface area contributed by atoms with Crippen molar-refractivity contribution in [2.45, 2.75) is 45.1 Å². The van der Waals surface area contributed by atoms with E-state index in [4.69, 9.17) is 12.2 Å². The summed E-state index contributed by atoms with van der Waals surface area (Å²) in [4.78, 5) is 14.4. The van der Waals surface area contributed by atoms with E-state index in [-0.39, 0.29) is 5.91 Å². The van der Waals surface area contributed by atoms with E-state index < -0.39 is 0 Å². The van der Waals surface area contributed by atoms with Gasteiger partial charge in [-0.15, -0.1) is 6.58 Å². The van der Waals surface area contributed by atoms with Crippen molar-refractivity contribution in [2.24, 2.45) is 0 Å². The number of aryl methyl sites for hydroxylation is 1. The molecule has 0 bridgehead atoms. The average molecular weight is 316 g/mol. The second-order valence-corrected chi connectivity index (χ2v) is 6.24. The molecule has 1 aliphatic carbocycles. The molecule has 1 aromatic carbocycles. The molecule has 0 aromatic heterocycles. The fraction of sp³-hybridized carbons (Fsp3) is 0.444. The Bertz CT molecular complexity index is 533. The van der Waals surface area contributed by atoms with Crippen LogP contribution in [-0.4, -0.2) is 28.5 Å². The SMILES string of the molecule is C=CCN(C(=S)NC(=O)c1ccc(C)cc1)C1CCCCC1. The van der Waals surface area contributed by atoms with Gasteiger partial charge < -0.3 is 4.90 Å². The largest absolute Gasteiger partial charge is 0.342 e. The number of hydrogen-bond acceptors (Lipinski definition) is 2. The second kappa shape index (κ2) is 8.08. The molecule has 0 unspecified atom stereocenters. The van der Waals surface area contributed by atoms with Gasteiger partial charge >= 0.3 is 0 Å². The van der Waals surface area contributed by atoms with Crippen LogP contribution in [0.4, 0.5) is 0 Å². The summed E-state index contributed by atoms with van der Waals surface area (Å²) in [7, 11) is 0. The van der Waals surface area contributed by atoms with E-state index in [2.05, 4.69) is 16.8 Å². The molecule has 1 N–H and O–H groups in total. The van der Waals surface area contributed by atoms with Crippen LogP contribution in [0.15, 0.2) is 36.9 Å². The summed E-state index contributed by atoms with van der Waals surface area (Å²) in [6.07, 6.45) is 7.86. The number of hydrogen-bond donors (Lipinski definition) is 1. The van der Waals surface area contributed by atoms with Gasteiger partial charge in [0.15, 0.2) is 5.11 Å². The zero-order valence-corrected chi connectivity index (χ0v) is 14.0. The van der Waals surface area contributed by atoms with Crippen LogP contribution in [0.5, 0.6) is 0 Å². The minimum atomic E-state index is -0.144. The Morgan fingerprint density at radius 3 is 2.55 bits per heavy atom. The molecule has 0 radical (unpaired) electrons. The van der Waals surface area contributed by atoms with E-state index in [1.807, 2.05) is 37.3 Å². The number of thiocarbonyl (C=S) groups is 1. The van der Waals surface area contributed by atoms with Gasteiger partial charge in [0.05, 0.1) is 0 Å². The molecular weight excluding hydrogens is 292 g/mol. The van der Waals surface area contributed by atoms with Gasteiger partial charge in [-0.2, -0.15) is 0 Å². The molecule has 22 heavy (non-hydrogen) atoms. The first-order chi connectivity index (χ1) is 10.6. The summed E-state index contributed by atoms with van der Waals surface area (Å²) in [5.41, 5.74) is 1.77. The monoisotopic (exact) mass is 316 g/mol. The first-order valence-corrected chi connectivity index (χ1v) is 8.32. The minimum Gasteiger partial charge on any atom is -0.342 e. The summed E-state index contributed by atoms with van der Waals surface area (Å²) >= 11 is 5.47. The van der Waals surface area contributed by atoms with Crippen LogP contribution in [0, 0.1) is 6.92 Å². The van der Waals surface area contributed by atoms with Crippen LogP contribution in [0.3, 0.4) is 0 Å². The van der Waals surface area contributed by atoms with Crippen molar-refractivity contribution in [3.05, 3.63) is 48.0 Å². The molecule has 0 saturated heterocycles. The highest BCUT2D eigenvalue weighted by Gasteiger charge is 2.23. The lowest BCUT2D eigenvalue weighted by atomic mass is 9.94. The first kappa shape index (κ1) is 16.7. The third kappa shape index (κ3) is 4.41. The third-order valence-electron chi connectivity index (χ3n) is 4.14. The highest BCUT2D eigenvalue weighted by atomic mass is 32.1. The Balaban J connectivity index is 2.02. The van der Waals surface area contributed by atoms with Gasteiger partial charge in [0, 0.05) is 18.2 Å². The van der Waals surface area contributed by atoms with Gasteiger partial charge in [0.25, 0.3) is 5.91 Å². The number of nitrogens with zero attached hydrogens (tertiary/aromatic N) is 1. The fourth-order valence-corrected chi connectivity index (χ4v) is 3.19. The molecule has 1 fully saturated rings. The maximum Gasteiger partial charge on any atom is 0.257 e. The summed E-state index contributed by atoms with van der Waals surface area (Å²) in [5, 5.41) is 3.38. The highest BCUT2D eigenvalue weighted by molar-refractivity contribution is 7.80. The molecule has 118 valence electrons. The highest BCUT2D eigenvalue weighted by Crippen LogP contribution is 2.22. The summed E-state index contributed by atoms with van der Waals surface area (Å²) < 4.78 is 0. The molecule has 4 heteroatoms.